The van der Waals surface area contributed by atoms with Gasteiger partial charge in [0.1, 0.15) is 0 Å². The molecule has 1 saturated heterocycles. The lowest BCUT2D eigenvalue weighted by atomic mass is 9.96. The van der Waals surface area contributed by atoms with Gasteiger partial charge in [-0.15, -0.1) is 0 Å². The summed E-state index contributed by atoms with van der Waals surface area (Å²) in [6.07, 6.45) is 7.68. The fourth-order valence-electron chi connectivity index (χ4n) is 4.46. The summed E-state index contributed by atoms with van der Waals surface area (Å²) in [6.45, 7) is 6.53. The first-order valence-corrected chi connectivity index (χ1v) is 12.6. The summed E-state index contributed by atoms with van der Waals surface area (Å²) in [5.41, 5.74) is 1.33. The zero-order valence-electron chi connectivity index (χ0n) is 20.6. The fraction of sp³-hybridized carbons (Fsp3) is 0.379. The molecule has 0 saturated carbocycles. The van der Waals surface area contributed by atoms with Crippen LogP contribution in [0, 0.1) is 0 Å². The standard InChI is InChI=1S/C29H34N2O4/c1-3-19-34-26-12-11-22(21-27(26)35-20-4-2)28(32)24-9-5-6-10-25(24)29(33)31-17-13-23(14-18-31)30-15-7-8-16-30/h5-12,15-16,21,23H,3-4,13-14,17-20H2,1-2H3. The van der Waals surface area contributed by atoms with E-state index >= 15 is 0 Å². The Morgan fingerprint density at radius 1 is 0.829 bits per heavy atom. The summed E-state index contributed by atoms with van der Waals surface area (Å²) in [6, 6.07) is 16.8. The van der Waals surface area contributed by atoms with Gasteiger partial charge in [0.25, 0.3) is 5.91 Å². The fourth-order valence-corrected chi connectivity index (χ4v) is 4.46. The normalized spacial score (nSPS) is 14.1. The Bertz CT molecular complexity index is 1130. The van der Waals surface area contributed by atoms with E-state index in [9.17, 15) is 9.59 Å². The van der Waals surface area contributed by atoms with E-state index in [-0.39, 0.29) is 11.7 Å². The van der Waals surface area contributed by atoms with E-state index in [1.807, 2.05) is 36.9 Å². The second-order valence-corrected chi connectivity index (χ2v) is 8.89. The Balaban J connectivity index is 1.53. The van der Waals surface area contributed by atoms with Gasteiger partial charge in [0.2, 0.25) is 0 Å². The zero-order valence-corrected chi connectivity index (χ0v) is 20.6. The lowest BCUT2D eigenvalue weighted by Crippen LogP contribution is -2.39. The molecule has 6 nitrogen and oxygen atoms in total. The smallest absolute Gasteiger partial charge is 0.254 e. The van der Waals surface area contributed by atoms with E-state index in [1.54, 1.807) is 36.4 Å². The molecule has 1 aliphatic heterocycles. The summed E-state index contributed by atoms with van der Waals surface area (Å²) in [4.78, 5) is 28.9. The number of ketones is 1. The quantitative estimate of drug-likeness (QED) is 0.350. The zero-order chi connectivity index (χ0) is 24.6. The summed E-state index contributed by atoms with van der Waals surface area (Å²) < 4.78 is 13.9. The van der Waals surface area contributed by atoms with Crippen molar-refractivity contribution in [2.75, 3.05) is 26.3 Å². The maximum atomic E-state index is 13.5. The van der Waals surface area contributed by atoms with Crippen LogP contribution in [0.1, 0.15) is 71.9 Å². The topological polar surface area (TPSA) is 60.8 Å². The van der Waals surface area contributed by atoms with Crippen LogP contribution < -0.4 is 9.47 Å². The molecule has 0 atom stereocenters. The van der Waals surface area contributed by atoms with E-state index in [0.717, 1.165) is 25.7 Å². The maximum absolute atomic E-state index is 13.5. The molecule has 0 bridgehead atoms. The van der Waals surface area contributed by atoms with Crippen molar-refractivity contribution in [1.29, 1.82) is 0 Å². The highest BCUT2D eigenvalue weighted by Crippen LogP contribution is 2.31. The van der Waals surface area contributed by atoms with Crippen molar-refractivity contribution in [3.63, 3.8) is 0 Å². The number of carbonyl (C=O) groups excluding carboxylic acids is 2. The Morgan fingerprint density at radius 3 is 2.11 bits per heavy atom. The Labute approximate surface area is 207 Å². The van der Waals surface area contributed by atoms with Gasteiger partial charge in [-0.25, -0.2) is 0 Å². The molecule has 1 fully saturated rings. The lowest BCUT2D eigenvalue weighted by molar-refractivity contribution is 0.0691. The molecule has 1 aliphatic rings. The minimum absolute atomic E-state index is 0.0924. The highest BCUT2D eigenvalue weighted by Gasteiger charge is 2.27. The molecule has 0 N–H and O–H groups in total. The number of aromatic nitrogens is 1. The molecule has 3 aromatic rings. The number of benzene rings is 2. The summed E-state index contributed by atoms with van der Waals surface area (Å²) in [5, 5.41) is 0. The van der Waals surface area contributed by atoms with Crippen molar-refractivity contribution in [3.8, 4) is 11.5 Å². The van der Waals surface area contributed by atoms with Gasteiger partial charge >= 0.3 is 0 Å². The highest BCUT2D eigenvalue weighted by atomic mass is 16.5. The second kappa shape index (κ2) is 11.7. The number of hydrogen-bond acceptors (Lipinski definition) is 4. The Kier molecular flexibility index (Phi) is 8.24. The van der Waals surface area contributed by atoms with E-state index in [2.05, 4.69) is 17.0 Å². The third-order valence-electron chi connectivity index (χ3n) is 6.33. The van der Waals surface area contributed by atoms with Crippen LogP contribution in [0.5, 0.6) is 11.5 Å². The van der Waals surface area contributed by atoms with Crippen molar-refractivity contribution >= 4 is 11.7 Å². The third-order valence-corrected chi connectivity index (χ3v) is 6.33. The molecule has 1 aromatic heterocycles. The minimum atomic E-state index is -0.195. The molecule has 0 unspecified atom stereocenters. The minimum Gasteiger partial charge on any atom is -0.490 e. The van der Waals surface area contributed by atoms with Gasteiger partial charge in [-0.05, 0) is 62.1 Å². The van der Waals surface area contributed by atoms with E-state index in [1.165, 1.54) is 0 Å². The van der Waals surface area contributed by atoms with Gasteiger partial charge in [0, 0.05) is 42.7 Å². The molecule has 2 heterocycles. The van der Waals surface area contributed by atoms with E-state index < -0.39 is 0 Å². The number of likely N-dealkylation sites (tertiary alicyclic amines) is 1. The van der Waals surface area contributed by atoms with Crippen LogP contribution in [0.4, 0.5) is 0 Å². The predicted octanol–water partition coefficient (Wildman–Crippen LogP) is 5.77. The monoisotopic (exact) mass is 474 g/mol. The number of carbonyl (C=O) groups is 2. The number of hydrogen-bond donors (Lipinski definition) is 0. The van der Waals surface area contributed by atoms with Gasteiger partial charge in [-0.2, -0.15) is 0 Å². The molecule has 2 aromatic carbocycles. The van der Waals surface area contributed by atoms with Crippen LogP contribution in [-0.4, -0.2) is 47.5 Å². The van der Waals surface area contributed by atoms with Crippen LogP contribution in [0.3, 0.4) is 0 Å². The summed E-state index contributed by atoms with van der Waals surface area (Å²) in [5.74, 6) is 0.902. The van der Waals surface area contributed by atoms with Crippen LogP contribution in [0.2, 0.25) is 0 Å². The van der Waals surface area contributed by atoms with Crippen LogP contribution >= 0.6 is 0 Å². The molecular formula is C29H34N2O4. The first kappa shape index (κ1) is 24.6. The Hall–Kier alpha value is -3.54. The molecule has 4 rings (SSSR count). The molecule has 6 heteroatoms. The lowest BCUT2D eigenvalue weighted by Gasteiger charge is -2.33. The van der Waals surface area contributed by atoms with Crippen LogP contribution in [0.15, 0.2) is 67.0 Å². The number of amides is 1. The van der Waals surface area contributed by atoms with Gasteiger partial charge in [0.15, 0.2) is 17.3 Å². The Morgan fingerprint density at radius 2 is 1.46 bits per heavy atom. The van der Waals surface area contributed by atoms with E-state index in [4.69, 9.17) is 9.47 Å². The van der Waals surface area contributed by atoms with Gasteiger partial charge < -0.3 is 18.9 Å². The maximum Gasteiger partial charge on any atom is 0.254 e. The number of piperidine rings is 1. The largest absolute Gasteiger partial charge is 0.490 e. The number of nitrogens with zero attached hydrogens (tertiary/aromatic N) is 2. The molecule has 1 amide bonds. The molecule has 35 heavy (non-hydrogen) atoms. The average molecular weight is 475 g/mol. The third kappa shape index (κ3) is 5.76. The van der Waals surface area contributed by atoms with Crippen molar-refractivity contribution in [3.05, 3.63) is 83.7 Å². The number of rotatable bonds is 10. The van der Waals surface area contributed by atoms with E-state index in [0.29, 0.717) is 60.5 Å². The molecule has 184 valence electrons. The van der Waals surface area contributed by atoms with Crippen molar-refractivity contribution in [2.24, 2.45) is 0 Å². The van der Waals surface area contributed by atoms with Crippen molar-refractivity contribution in [2.45, 2.75) is 45.6 Å². The summed E-state index contributed by atoms with van der Waals surface area (Å²) in [7, 11) is 0. The first-order valence-electron chi connectivity index (χ1n) is 12.6. The highest BCUT2D eigenvalue weighted by molar-refractivity contribution is 6.15. The van der Waals surface area contributed by atoms with Gasteiger partial charge in [-0.3, -0.25) is 9.59 Å². The summed E-state index contributed by atoms with van der Waals surface area (Å²) >= 11 is 0. The molecule has 0 spiro atoms. The van der Waals surface area contributed by atoms with Crippen LogP contribution in [0.25, 0.3) is 0 Å². The molecule has 0 radical (unpaired) electrons. The van der Waals surface area contributed by atoms with Gasteiger partial charge in [-0.1, -0.05) is 32.0 Å². The SMILES string of the molecule is CCCOc1ccc(C(=O)c2ccccc2C(=O)N2CCC(n3cccc3)CC2)cc1OCCC. The van der Waals surface area contributed by atoms with Crippen LogP contribution in [-0.2, 0) is 0 Å². The predicted molar refractivity (Wildman–Crippen MR) is 136 cm³/mol. The first-order chi connectivity index (χ1) is 17.1. The second-order valence-electron chi connectivity index (χ2n) is 8.89. The van der Waals surface area contributed by atoms with Crippen molar-refractivity contribution < 1.29 is 19.1 Å². The molecule has 0 aliphatic carbocycles. The van der Waals surface area contributed by atoms with Crippen molar-refractivity contribution in [1.82, 2.24) is 9.47 Å². The number of ether oxygens (including phenoxy) is 2. The molecular weight excluding hydrogens is 440 g/mol. The average Bonchev–Trinajstić information content (AvgIpc) is 3.45. The van der Waals surface area contributed by atoms with Gasteiger partial charge in [0.05, 0.1) is 18.8 Å².